The van der Waals surface area contributed by atoms with Gasteiger partial charge in [-0.3, -0.25) is 4.57 Å². The van der Waals surface area contributed by atoms with E-state index in [-0.39, 0.29) is 23.4 Å². The number of halogens is 1. The van der Waals surface area contributed by atoms with Gasteiger partial charge >= 0.3 is 6.08 Å². The molecule has 8 nitrogen and oxygen atoms in total. The van der Waals surface area contributed by atoms with Crippen LogP contribution in [0.3, 0.4) is 0 Å². The zero-order valence-corrected chi connectivity index (χ0v) is 11.7. The van der Waals surface area contributed by atoms with Crippen molar-refractivity contribution in [2.75, 3.05) is 12.3 Å². The summed E-state index contributed by atoms with van der Waals surface area (Å²) in [6, 6.07) is 0. The maximum absolute atomic E-state index is 13.4. The molecule has 3 rings (SSSR count). The van der Waals surface area contributed by atoms with Crippen molar-refractivity contribution in [2.24, 2.45) is 0 Å². The van der Waals surface area contributed by atoms with Crippen molar-refractivity contribution < 1.29 is 19.3 Å². The van der Waals surface area contributed by atoms with Crippen LogP contribution in [0.25, 0.3) is 11.2 Å². The lowest BCUT2D eigenvalue weighted by molar-refractivity contribution is -0.108. The highest BCUT2D eigenvalue weighted by molar-refractivity contribution is 6.13. The predicted molar refractivity (Wildman–Crippen MR) is 76.6 cm³/mol. The molecular formula is C12H13BFN5O3. The Morgan fingerprint density at radius 2 is 2.36 bits per heavy atom. The van der Waals surface area contributed by atoms with Crippen LogP contribution in [0.5, 0.6) is 0 Å². The van der Waals surface area contributed by atoms with E-state index in [1.54, 1.807) is 7.85 Å². The summed E-state index contributed by atoms with van der Waals surface area (Å²) >= 11 is 0. The molecule has 1 aliphatic heterocycles. The molecule has 0 aliphatic carbocycles. The minimum atomic E-state index is -1.54. The van der Waals surface area contributed by atoms with Gasteiger partial charge in [-0.25, -0.2) is 4.98 Å². The van der Waals surface area contributed by atoms with Crippen molar-refractivity contribution in [1.82, 2.24) is 19.5 Å². The molecule has 0 unspecified atom stereocenters. The highest BCUT2D eigenvalue weighted by Gasteiger charge is 2.53. The molecule has 1 saturated heterocycles. The second-order valence-electron chi connectivity index (χ2n) is 5.35. The number of imidazole rings is 1. The third-order valence-electron chi connectivity index (χ3n) is 3.90. The quantitative estimate of drug-likeness (QED) is 0.331. The molecule has 22 heavy (non-hydrogen) atoms. The molecule has 0 radical (unpaired) electrons. The van der Waals surface area contributed by atoms with Crippen LogP contribution in [0.1, 0.15) is 6.42 Å². The molecule has 3 atom stereocenters. The van der Waals surface area contributed by atoms with Crippen LogP contribution in [-0.4, -0.2) is 55.9 Å². The average molecular weight is 305 g/mol. The molecule has 2 aromatic heterocycles. The number of fused-ring (bicyclic) bond motifs is 1. The van der Waals surface area contributed by atoms with E-state index in [1.165, 1.54) is 10.9 Å². The van der Waals surface area contributed by atoms with Gasteiger partial charge in [0.1, 0.15) is 11.7 Å². The van der Waals surface area contributed by atoms with Gasteiger partial charge in [-0.1, -0.05) is 5.92 Å². The Bertz CT molecular complexity index is 793. The number of nitrogens with zero attached hydrogens (tertiary/aromatic N) is 4. The Hall–Kier alpha value is -2.22. The number of terminal acetylenes is 1. The van der Waals surface area contributed by atoms with E-state index in [0.717, 1.165) is 0 Å². The number of hydrogen-bond acceptors (Lipinski definition) is 7. The number of rotatable bonds is 2. The minimum Gasteiger partial charge on any atom is -0.392 e. The van der Waals surface area contributed by atoms with E-state index in [2.05, 4.69) is 20.9 Å². The third kappa shape index (κ3) is 1.87. The standard InChI is InChI=1S/C12H13BFN5O3/c1-2-11(4-20)6(21)3-12(13,22-11)19-5-16-7-8(15)17-10(14)18-9(7)19/h1,5-6,20-21H,3-4,13H2,(H2,15,17,18)/t6-,11+,12-/m0/s1. The van der Waals surface area contributed by atoms with Gasteiger partial charge < -0.3 is 20.7 Å². The first-order valence-corrected chi connectivity index (χ1v) is 6.48. The van der Waals surface area contributed by atoms with E-state index in [1.807, 2.05) is 0 Å². The fourth-order valence-corrected chi connectivity index (χ4v) is 2.72. The first-order chi connectivity index (χ1) is 10.3. The molecule has 10 heteroatoms. The molecule has 0 aromatic carbocycles. The lowest BCUT2D eigenvalue weighted by atomic mass is 9.85. The highest BCUT2D eigenvalue weighted by Crippen LogP contribution is 2.40. The number of anilines is 1. The van der Waals surface area contributed by atoms with Crippen molar-refractivity contribution >= 4 is 24.8 Å². The fourth-order valence-electron chi connectivity index (χ4n) is 2.72. The zero-order valence-electron chi connectivity index (χ0n) is 11.7. The predicted octanol–water partition coefficient (Wildman–Crippen LogP) is -2.06. The first-order valence-electron chi connectivity index (χ1n) is 6.48. The maximum Gasteiger partial charge on any atom is 0.312 e. The summed E-state index contributed by atoms with van der Waals surface area (Å²) < 4.78 is 20.6. The maximum atomic E-state index is 13.4. The second-order valence-corrected chi connectivity index (χ2v) is 5.35. The topological polar surface area (TPSA) is 119 Å². The Labute approximate surface area is 125 Å². The Morgan fingerprint density at radius 1 is 1.64 bits per heavy atom. The molecule has 114 valence electrons. The number of nitrogen functional groups attached to an aromatic ring is 1. The number of aliphatic hydroxyl groups excluding tert-OH is 2. The van der Waals surface area contributed by atoms with E-state index >= 15 is 0 Å². The van der Waals surface area contributed by atoms with Gasteiger partial charge in [-0.2, -0.15) is 14.4 Å². The van der Waals surface area contributed by atoms with Gasteiger partial charge in [0.2, 0.25) is 0 Å². The van der Waals surface area contributed by atoms with E-state index in [0.29, 0.717) is 0 Å². The van der Waals surface area contributed by atoms with Crippen molar-refractivity contribution in [3.8, 4) is 12.3 Å². The van der Waals surface area contributed by atoms with Gasteiger partial charge in [-0.05, 0) is 0 Å². The van der Waals surface area contributed by atoms with Gasteiger partial charge in [0.15, 0.2) is 30.4 Å². The van der Waals surface area contributed by atoms with E-state index in [4.69, 9.17) is 16.9 Å². The van der Waals surface area contributed by atoms with Crippen LogP contribution in [0, 0.1) is 18.4 Å². The summed E-state index contributed by atoms with van der Waals surface area (Å²) in [6.07, 6.45) is 4.69. The van der Waals surface area contributed by atoms with Crippen molar-refractivity contribution in [2.45, 2.75) is 23.8 Å². The molecule has 0 bridgehead atoms. The SMILES string of the molecule is B[C@]1(n2cnc3c(N)nc(F)nc32)C[C@H](O)[C@@](C#C)(CO)O1. The van der Waals surface area contributed by atoms with Crippen molar-refractivity contribution in [1.29, 1.82) is 0 Å². The minimum absolute atomic E-state index is 0.0642. The molecule has 4 N–H and O–H groups in total. The van der Waals surface area contributed by atoms with Crippen LogP contribution in [-0.2, 0) is 10.4 Å². The largest absolute Gasteiger partial charge is 0.392 e. The monoisotopic (exact) mass is 305 g/mol. The summed E-state index contributed by atoms with van der Waals surface area (Å²) in [7, 11) is 1.63. The van der Waals surface area contributed by atoms with Gasteiger partial charge in [0, 0.05) is 6.42 Å². The number of aromatic nitrogens is 4. The zero-order chi connectivity index (χ0) is 16.1. The van der Waals surface area contributed by atoms with Crippen LogP contribution in [0.2, 0.25) is 0 Å². The molecule has 0 saturated carbocycles. The summed E-state index contributed by atoms with van der Waals surface area (Å²) in [6.45, 7) is -0.557. The molecular weight excluding hydrogens is 292 g/mol. The molecule has 0 amide bonds. The lowest BCUT2D eigenvalue weighted by Crippen LogP contribution is -2.43. The number of ether oxygens (including phenoxy) is 1. The van der Waals surface area contributed by atoms with Crippen molar-refractivity contribution in [3.63, 3.8) is 0 Å². The Balaban J connectivity index is 2.14. The molecule has 0 spiro atoms. The Morgan fingerprint density at radius 3 is 2.95 bits per heavy atom. The second kappa shape index (κ2) is 4.64. The Kier molecular flexibility index (Phi) is 3.10. The van der Waals surface area contributed by atoms with Gasteiger partial charge in [-0.15, -0.1) is 6.42 Å². The number of aliphatic hydroxyl groups is 2. The molecule has 2 aromatic rings. The highest BCUT2D eigenvalue weighted by atomic mass is 19.1. The number of hydrogen-bond donors (Lipinski definition) is 3. The molecule has 3 heterocycles. The van der Waals surface area contributed by atoms with Gasteiger partial charge in [0.25, 0.3) is 0 Å². The summed E-state index contributed by atoms with van der Waals surface area (Å²) in [5.41, 5.74) is 3.23. The van der Waals surface area contributed by atoms with Crippen LogP contribution >= 0.6 is 0 Å². The van der Waals surface area contributed by atoms with E-state index in [9.17, 15) is 14.6 Å². The average Bonchev–Trinajstić information content (AvgIpc) is 2.99. The van der Waals surface area contributed by atoms with Crippen LogP contribution in [0.15, 0.2) is 6.33 Å². The van der Waals surface area contributed by atoms with Crippen LogP contribution < -0.4 is 5.73 Å². The smallest absolute Gasteiger partial charge is 0.312 e. The summed E-state index contributed by atoms with van der Waals surface area (Å²) in [5.74, 6) is 2.17. The molecule has 1 fully saturated rings. The third-order valence-corrected chi connectivity index (χ3v) is 3.90. The van der Waals surface area contributed by atoms with Gasteiger partial charge in [0.05, 0.1) is 12.9 Å². The van der Waals surface area contributed by atoms with Crippen LogP contribution in [0.4, 0.5) is 10.2 Å². The van der Waals surface area contributed by atoms with Crippen molar-refractivity contribution in [3.05, 3.63) is 12.4 Å². The van der Waals surface area contributed by atoms with E-state index < -0.39 is 30.0 Å². The summed E-state index contributed by atoms with van der Waals surface area (Å²) in [4.78, 5) is 11.1. The lowest BCUT2D eigenvalue weighted by Gasteiger charge is -2.30. The summed E-state index contributed by atoms with van der Waals surface area (Å²) in [5, 5.41) is 19.6. The number of nitrogens with two attached hydrogens (primary N) is 1. The normalized spacial score (nSPS) is 31.5. The fraction of sp³-hybridized carbons (Fsp3) is 0.417. The first kappa shape index (κ1) is 14.7. The molecule has 1 aliphatic rings.